The van der Waals surface area contributed by atoms with Gasteiger partial charge in [0.25, 0.3) is 0 Å². The maximum absolute atomic E-state index is 5.53. The number of furan rings is 1. The van der Waals surface area contributed by atoms with E-state index in [1.807, 2.05) is 59.2 Å². The molecule has 4 nitrogen and oxygen atoms in total. The SMILES string of the molecule is Brc1ccc(CSc2nnc(-c3ccco3)n2-c2ccccc2)cc1. The van der Waals surface area contributed by atoms with E-state index in [9.17, 15) is 0 Å². The summed E-state index contributed by atoms with van der Waals surface area (Å²) in [5.74, 6) is 2.22. The van der Waals surface area contributed by atoms with E-state index in [0.29, 0.717) is 11.6 Å². The smallest absolute Gasteiger partial charge is 0.205 e. The highest BCUT2D eigenvalue weighted by Gasteiger charge is 2.17. The molecule has 2 aromatic carbocycles. The molecule has 0 aliphatic heterocycles. The van der Waals surface area contributed by atoms with Gasteiger partial charge in [-0.3, -0.25) is 4.57 Å². The molecule has 0 saturated carbocycles. The number of rotatable bonds is 5. The molecular formula is C19H14BrN3OS. The lowest BCUT2D eigenvalue weighted by Crippen LogP contribution is -1.99. The number of benzene rings is 2. The van der Waals surface area contributed by atoms with E-state index in [2.05, 4.69) is 38.3 Å². The van der Waals surface area contributed by atoms with E-state index < -0.39 is 0 Å². The third kappa shape index (κ3) is 3.55. The summed E-state index contributed by atoms with van der Waals surface area (Å²) in [6, 6.07) is 22.1. The normalized spacial score (nSPS) is 10.9. The van der Waals surface area contributed by atoms with Gasteiger partial charge in [-0.2, -0.15) is 0 Å². The monoisotopic (exact) mass is 411 g/mol. The van der Waals surface area contributed by atoms with Crippen LogP contribution in [0.2, 0.25) is 0 Å². The molecule has 2 heterocycles. The van der Waals surface area contributed by atoms with Crippen molar-refractivity contribution in [1.29, 1.82) is 0 Å². The summed E-state index contributed by atoms with van der Waals surface area (Å²) in [4.78, 5) is 0. The Hall–Kier alpha value is -2.31. The fourth-order valence-electron chi connectivity index (χ4n) is 2.47. The molecule has 0 spiro atoms. The maximum Gasteiger partial charge on any atom is 0.205 e. The Balaban J connectivity index is 1.69. The number of hydrogen-bond donors (Lipinski definition) is 0. The van der Waals surface area contributed by atoms with Crippen molar-refractivity contribution in [2.75, 3.05) is 0 Å². The van der Waals surface area contributed by atoms with Crippen LogP contribution in [-0.4, -0.2) is 14.8 Å². The Kier molecular flexibility index (Phi) is 4.72. The second kappa shape index (κ2) is 7.29. The lowest BCUT2D eigenvalue weighted by molar-refractivity contribution is 0.575. The van der Waals surface area contributed by atoms with Gasteiger partial charge in [-0.1, -0.05) is 58.0 Å². The van der Waals surface area contributed by atoms with Crippen molar-refractivity contribution in [3.05, 3.63) is 83.0 Å². The van der Waals surface area contributed by atoms with Crippen LogP contribution >= 0.6 is 27.7 Å². The molecule has 0 radical (unpaired) electrons. The van der Waals surface area contributed by atoms with Gasteiger partial charge in [0.1, 0.15) is 0 Å². The number of thioether (sulfide) groups is 1. The van der Waals surface area contributed by atoms with Crippen LogP contribution in [0.4, 0.5) is 0 Å². The third-order valence-corrected chi connectivity index (χ3v) is 5.20. The van der Waals surface area contributed by atoms with Crippen molar-refractivity contribution in [3.8, 4) is 17.3 Å². The molecule has 0 atom stereocenters. The zero-order valence-electron chi connectivity index (χ0n) is 13.2. The fraction of sp³-hybridized carbons (Fsp3) is 0.0526. The zero-order chi connectivity index (χ0) is 17.1. The van der Waals surface area contributed by atoms with E-state index >= 15 is 0 Å². The fourth-order valence-corrected chi connectivity index (χ4v) is 3.64. The minimum absolute atomic E-state index is 0.701. The Morgan fingerprint density at radius 3 is 2.44 bits per heavy atom. The summed E-state index contributed by atoms with van der Waals surface area (Å²) in [6.45, 7) is 0. The number of aromatic nitrogens is 3. The Morgan fingerprint density at radius 2 is 1.72 bits per heavy atom. The third-order valence-electron chi connectivity index (χ3n) is 3.67. The highest BCUT2D eigenvalue weighted by Crippen LogP contribution is 2.30. The number of halogens is 1. The Labute approximate surface area is 158 Å². The molecule has 0 N–H and O–H groups in total. The molecule has 0 fully saturated rings. The van der Waals surface area contributed by atoms with Crippen molar-refractivity contribution < 1.29 is 4.42 Å². The van der Waals surface area contributed by atoms with Crippen LogP contribution < -0.4 is 0 Å². The van der Waals surface area contributed by atoms with E-state index in [-0.39, 0.29) is 0 Å². The molecule has 0 saturated heterocycles. The average molecular weight is 412 g/mol. The molecule has 0 unspecified atom stereocenters. The molecule has 4 rings (SSSR count). The summed E-state index contributed by atoms with van der Waals surface area (Å²) in [5.41, 5.74) is 2.24. The summed E-state index contributed by atoms with van der Waals surface area (Å²) >= 11 is 5.12. The molecule has 2 aromatic heterocycles. The summed E-state index contributed by atoms with van der Waals surface area (Å²) in [5, 5.41) is 9.57. The standard InChI is InChI=1S/C19H14BrN3OS/c20-15-10-8-14(9-11-15)13-25-19-22-21-18(17-7-4-12-24-17)23(19)16-5-2-1-3-6-16/h1-12H,13H2. The van der Waals surface area contributed by atoms with E-state index in [0.717, 1.165) is 21.1 Å². The predicted octanol–water partition coefficient (Wildman–Crippen LogP) is 5.58. The van der Waals surface area contributed by atoms with Crippen LogP contribution in [0.25, 0.3) is 17.3 Å². The molecule has 0 aliphatic carbocycles. The largest absolute Gasteiger partial charge is 0.461 e. The number of nitrogens with zero attached hydrogens (tertiary/aromatic N) is 3. The lowest BCUT2D eigenvalue weighted by atomic mass is 10.2. The van der Waals surface area contributed by atoms with E-state index in [1.54, 1.807) is 18.0 Å². The molecule has 25 heavy (non-hydrogen) atoms. The van der Waals surface area contributed by atoms with Crippen LogP contribution in [-0.2, 0) is 5.75 Å². The highest BCUT2D eigenvalue weighted by molar-refractivity contribution is 9.10. The quantitative estimate of drug-likeness (QED) is 0.402. The summed E-state index contributed by atoms with van der Waals surface area (Å²) < 4.78 is 8.64. The molecule has 0 bridgehead atoms. The van der Waals surface area contributed by atoms with E-state index in [4.69, 9.17) is 4.42 Å². The maximum atomic E-state index is 5.53. The molecule has 0 aliphatic rings. The topological polar surface area (TPSA) is 43.9 Å². The van der Waals surface area contributed by atoms with Crippen LogP contribution in [0, 0.1) is 0 Å². The van der Waals surface area contributed by atoms with Crippen LogP contribution in [0.1, 0.15) is 5.56 Å². The van der Waals surface area contributed by atoms with Crippen LogP contribution in [0.5, 0.6) is 0 Å². The van der Waals surface area contributed by atoms with Gasteiger partial charge in [-0.15, -0.1) is 10.2 Å². The molecule has 124 valence electrons. The molecule has 0 amide bonds. The zero-order valence-corrected chi connectivity index (χ0v) is 15.6. The molecule has 6 heteroatoms. The van der Waals surface area contributed by atoms with Crippen molar-refractivity contribution in [2.45, 2.75) is 10.9 Å². The van der Waals surface area contributed by atoms with Crippen molar-refractivity contribution in [3.63, 3.8) is 0 Å². The highest BCUT2D eigenvalue weighted by atomic mass is 79.9. The van der Waals surface area contributed by atoms with Crippen molar-refractivity contribution in [1.82, 2.24) is 14.8 Å². The average Bonchev–Trinajstić information content (AvgIpc) is 3.31. The minimum Gasteiger partial charge on any atom is -0.461 e. The summed E-state index contributed by atoms with van der Waals surface area (Å²) in [6.07, 6.45) is 1.65. The lowest BCUT2D eigenvalue weighted by Gasteiger charge is -2.09. The van der Waals surface area contributed by atoms with E-state index in [1.165, 1.54) is 5.56 Å². The van der Waals surface area contributed by atoms with Gasteiger partial charge >= 0.3 is 0 Å². The van der Waals surface area contributed by atoms with Gasteiger partial charge < -0.3 is 4.42 Å². The van der Waals surface area contributed by atoms with Crippen LogP contribution in [0.15, 0.2) is 87.0 Å². The molecular weight excluding hydrogens is 398 g/mol. The first-order chi connectivity index (χ1) is 12.3. The van der Waals surface area contributed by atoms with Gasteiger partial charge in [-0.05, 0) is 42.0 Å². The number of para-hydroxylation sites is 1. The van der Waals surface area contributed by atoms with Gasteiger partial charge in [-0.25, -0.2) is 0 Å². The van der Waals surface area contributed by atoms with Gasteiger partial charge in [0.2, 0.25) is 5.82 Å². The van der Waals surface area contributed by atoms with Gasteiger partial charge in [0, 0.05) is 15.9 Å². The Morgan fingerprint density at radius 1 is 0.920 bits per heavy atom. The first-order valence-electron chi connectivity index (χ1n) is 7.73. The van der Waals surface area contributed by atoms with Crippen LogP contribution in [0.3, 0.4) is 0 Å². The minimum atomic E-state index is 0.701. The first-order valence-corrected chi connectivity index (χ1v) is 9.51. The first kappa shape index (κ1) is 16.2. The number of hydrogen-bond acceptors (Lipinski definition) is 4. The van der Waals surface area contributed by atoms with Gasteiger partial charge in [0.05, 0.1) is 6.26 Å². The summed E-state index contributed by atoms with van der Waals surface area (Å²) in [7, 11) is 0. The van der Waals surface area contributed by atoms with Crippen molar-refractivity contribution >= 4 is 27.7 Å². The van der Waals surface area contributed by atoms with Gasteiger partial charge in [0.15, 0.2) is 10.9 Å². The second-order valence-electron chi connectivity index (χ2n) is 5.37. The molecule has 4 aromatic rings. The predicted molar refractivity (Wildman–Crippen MR) is 103 cm³/mol. The second-order valence-corrected chi connectivity index (χ2v) is 7.23. The Bertz CT molecular complexity index is 950. The van der Waals surface area contributed by atoms with Crippen molar-refractivity contribution in [2.24, 2.45) is 0 Å².